The van der Waals surface area contributed by atoms with Crippen LogP contribution in [0.5, 0.6) is 5.75 Å². The lowest BCUT2D eigenvalue weighted by atomic mass is 10.1. The van der Waals surface area contributed by atoms with Crippen LogP contribution >= 0.6 is 11.3 Å². The zero-order valence-corrected chi connectivity index (χ0v) is 17.1. The van der Waals surface area contributed by atoms with E-state index in [1.165, 1.54) is 40.6 Å². The number of benzene rings is 2. The monoisotopic (exact) mass is 432 g/mol. The highest BCUT2D eigenvalue weighted by atomic mass is 32.1. The minimum Gasteiger partial charge on any atom is -0.478 e. The Morgan fingerprint density at radius 1 is 1.10 bits per heavy atom. The molecule has 8 heteroatoms. The third kappa shape index (κ3) is 4.29. The molecule has 1 aliphatic heterocycles. The summed E-state index contributed by atoms with van der Waals surface area (Å²) < 4.78 is 5.41. The Kier molecular flexibility index (Phi) is 5.46. The summed E-state index contributed by atoms with van der Waals surface area (Å²) >= 11 is 1.30. The first kappa shape index (κ1) is 20.2. The van der Waals surface area contributed by atoms with Gasteiger partial charge in [0.1, 0.15) is 10.6 Å². The van der Waals surface area contributed by atoms with Gasteiger partial charge in [0.05, 0.1) is 22.5 Å². The van der Waals surface area contributed by atoms with Gasteiger partial charge in [-0.15, -0.1) is 11.3 Å². The largest absolute Gasteiger partial charge is 0.478 e. The smallest absolute Gasteiger partial charge is 0.353 e. The Balaban J connectivity index is 1.55. The summed E-state index contributed by atoms with van der Waals surface area (Å²) in [7, 11) is 0. The third-order valence-electron chi connectivity index (χ3n) is 4.52. The van der Waals surface area contributed by atoms with Crippen LogP contribution in [-0.4, -0.2) is 28.7 Å². The fourth-order valence-corrected chi connectivity index (χ4v) is 3.59. The normalized spacial score (nSPS) is 14.6. The second kappa shape index (κ2) is 8.37. The van der Waals surface area contributed by atoms with Crippen LogP contribution < -0.4 is 9.75 Å². The summed E-state index contributed by atoms with van der Waals surface area (Å²) in [4.78, 5) is 36.6. The molecule has 154 valence electrons. The Bertz CT molecular complexity index is 1230. The summed E-state index contributed by atoms with van der Waals surface area (Å²) in [6.45, 7) is 1.72. The first-order valence-electron chi connectivity index (χ1n) is 9.23. The van der Waals surface area contributed by atoms with Crippen molar-refractivity contribution in [1.82, 2.24) is 0 Å². The van der Waals surface area contributed by atoms with Crippen molar-refractivity contribution in [2.45, 2.75) is 6.92 Å². The molecule has 0 atom stereocenters. The molecular formula is C23H16N2O5S. The van der Waals surface area contributed by atoms with Crippen molar-refractivity contribution < 1.29 is 24.2 Å². The number of hydrogen-bond donors (Lipinski definition) is 1. The number of ether oxygens (including phenoxy) is 1. The fourth-order valence-electron chi connectivity index (χ4n) is 2.99. The number of amides is 1. The van der Waals surface area contributed by atoms with Crippen LogP contribution in [0.25, 0.3) is 6.08 Å². The predicted octanol–water partition coefficient (Wildman–Crippen LogP) is 4.47. The molecule has 0 bridgehead atoms. The molecule has 2 aromatic carbocycles. The van der Waals surface area contributed by atoms with Crippen LogP contribution in [0.1, 0.15) is 32.5 Å². The second-order valence-electron chi connectivity index (χ2n) is 6.65. The fraction of sp³-hybridized carbons (Fsp3) is 0.0435. The zero-order valence-electron chi connectivity index (χ0n) is 16.3. The second-order valence-corrected chi connectivity index (χ2v) is 7.60. The van der Waals surface area contributed by atoms with E-state index in [0.717, 1.165) is 0 Å². The molecule has 0 radical (unpaired) electrons. The highest BCUT2D eigenvalue weighted by Gasteiger charge is 2.28. The van der Waals surface area contributed by atoms with Crippen LogP contribution in [0.2, 0.25) is 0 Å². The lowest BCUT2D eigenvalue weighted by Crippen LogP contribution is -2.21. The molecule has 0 saturated carbocycles. The van der Waals surface area contributed by atoms with Crippen LogP contribution in [0.3, 0.4) is 0 Å². The Hall–Kier alpha value is -4.04. The molecule has 1 aliphatic rings. The van der Waals surface area contributed by atoms with Crippen LogP contribution in [0, 0.1) is 0 Å². The van der Waals surface area contributed by atoms with E-state index in [-0.39, 0.29) is 11.5 Å². The highest BCUT2D eigenvalue weighted by molar-refractivity contribution is 7.12. The summed E-state index contributed by atoms with van der Waals surface area (Å²) in [6.07, 6.45) is 1.68. The number of carboxylic acid groups (broad SMARTS) is 1. The number of hydrazone groups is 1. The van der Waals surface area contributed by atoms with Crippen LogP contribution in [0.4, 0.5) is 5.69 Å². The van der Waals surface area contributed by atoms with Crippen molar-refractivity contribution >= 4 is 46.7 Å². The number of carbonyl (C=O) groups is 3. The van der Waals surface area contributed by atoms with E-state index in [9.17, 15) is 14.4 Å². The first-order valence-corrected chi connectivity index (χ1v) is 10.1. The molecule has 0 fully saturated rings. The van der Waals surface area contributed by atoms with Gasteiger partial charge in [0.15, 0.2) is 0 Å². The molecule has 4 rings (SSSR count). The summed E-state index contributed by atoms with van der Waals surface area (Å²) in [5, 5.41) is 16.3. The number of anilines is 1. The number of aromatic carboxylic acids is 1. The summed E-state index contributed by atoms with van der Waals surface area (Å²) in [5.41, 5.74) is 2.19. The van der Waals surface area contributed by atoms with Crippen molar-refractivity contribution in [3.63, 3.8) is 0 Å². The number of rotatable bonds is 5. The van der Waals surface area contributed by atoms with Crippen molar-refractivity contribution in [2.24, 2.45) is 5.10 Å². The van der Waals surface area contributed by atoms with E-state index < -0.39 is 11.9 Å². The topological polar surface area (TPSA) is 96.3 Å². The van der Waals surface area contributed by atoms with Crippen LogP contribution in [-0.2, 0) is 4.79 Å². The SMILES string of the molecule is CC1=NN(c2ccc(C(=O)O)cc2)C(=O)/C1=C/c1cccc(OC(=O)c2cccs2)c1. The quantitative estimate of drug-likeness (QED) is 0.365. The minimum absolute atomic E-state index is 0.126. The lowest BCUT2D eigenvalue weighted by molar-refractivity contribution is -0.114. The van der Waals surface area contributed by atoms with Gasteiger partial charge in [-0.3, -0.25) is 4.79 Å². The predicted molar refractivity (Wildman–Crippen MR) is 118 cm³/mol. The molecule has 7 nitrogen and oxygen atoms in total. The van der Waals surface area contributed by atoms with E-state index in [4.69, 9.17) is 9.84 Å². The lowest BCUT2D eigenvalue weighted by Gasteiger charge is -2.11. The van der Waals surface area contributed by atoms with Gasteiger partial charge < -0.3 is 9.84 Å². The maximum atomic E-state index is 12.9. The van der Waals surface area contributed by atoms with Crippen LogP contribution in [0.15, 0.2) is 76.7 Å². The molecule has 1 aromatic heterocycles. The van der Waals surface area contributed by atoms with Gasteiger partial charge in [-0.05, 0) is 66.4 Å². The molecule has 31 heavy (non-hydrogen) atoms. The number of hydrogen-bond acceptors (Lipinski definition) is 6. The molecular weight excluding hydrogens is 416 g/mol. The van der Waals surface area contributed by atoms with E-state index in [2.05, 4.69) is 5.10 Å². The highest BCUT2D eigenvalue weighted by Crippen LogP contribution is 2.26. The van der Waals surface area contributed by atoms with Gasteiger partial charge in [-0.2, -0.15) is 10.1 Å². The molecule has 1 N–H and O–H groups in total. The van der Waals surface area contributed by atoms with Gasteiger partial charge in [-0.25, -0.2) is 9.59 Å². The average molecular weight is 432 g/mol. The van der Waals surface area contributed by atoms with Gasteiger partial charge >= 0.3 is 11.9 Å². The standard InChI is InChI=1S/C23H16N2O5S/c1-14-19(21(26)25(24-14)17-9-7-16(8-10-17)22(27)28)13-15-4-2-5-18(12-15)30-23(29)20-6-3-11-31-20/h2-13H,1H3,(H,27,28)/b19-13+. The van der Waals surface area contributed by atoms with Crippen molar-refractivity contribution in [1.29, 1.82) is 0 Å². The van der Waals surface area contributed by atoms with E-state index in [1.807, 2.05) is 0 Å². The van der Waals surface area contributed by atoms with Gasteiger partial charge in [-0.1, -0.05) is 18.2 Å². The molecule has 0 unspecified atom stereocenters. The Morgan fingerprint density at radius 2 is 1.87 bits per heavy atom. The Morgan fingerprint density at radius 3 is 2.55 bits per heavy atom. The van der Waals surface area contributed by atoms with Gasteiger partial charge in [0.25, 0.3) is 5.91 Å². The zero-order chi connectivity index (χ0) is 22.0. The summed E-state index contributed by atoms with van der Waals surface area (Å²) in [6, 6.07) is 16.2. The number of carbonyl (C=O) groups excluding carboxylic acids is 2. The number of esters is 1. The van der Waals surface area contributed by atoms with E-state index in [1.54, 1.807) is 54.8 Å². The van der Waals surface area contributed by atoms with Gasteiger partial charge in [0, 0.05) is 0 Å². The number of nitrogens with zero attached hydrogens (tertiary/aromatic N) is 2. The molecule has 2 heterocycles. The molecule has 0 saturated heterocycles. The van der Waals surface area contributed by atoms with Crippen molar-refractivity contribution in [3.8, 4) is 5.75 Å². The maximum Gasteiger partial charge on any atom is 0.353 e. The first-order chi connectivity index (χ1) is 14.9. The number of thiophene rings is 1. The summed E-state index contributed by atoms with van der Waals surface area (Å²) in [5.74, 6) is -1.44. The van der Waals surface area contributed by atoms with Crippen molar-refractivity contribution in [2.75, 3.05) is 5.01 Å². The maximum absolute atomic E-state index is 12.9. The van der Waals surface area contributed by atoms with Crippen molar-refractivity contribution in [3.05, 3.63) is 87.6 Å². The average Bonchev–Trinajstić information content (AvgIpc) is 3.39. The number of carboxylic acids is 1. The molecule has 1 amide bonds. The Labute approximate surface area is 181 Å². The van der Waals surface area contributed by atoms with E-state index >= 15 is 0 Å². The minimum atomic E-state index is -1.04. The van der Waals surface area contributed by atoms with E-state index in [0.29, 0.717) is 33.2 Å². The molecule has 0 spiro atoms. The van der Waals surface area contributed by atoms with Gasteiger partial charge in [0.2, 0.25) is 0 Å². The molecule has 3 aromatic rings. The molecule has 0 aliphatic carbocycles. The third-order valence-corrected chi connectivity index (χ3v) is 5.37.